The second kappa shape index (κ2) is 9.50. The van der Waals surface area contributed by atoms with E-state index < -0.39 is 22.0 Å². The van der Waals surface area contributed by atoms with Gasteiger partial charge in [-0.1, -0.05) is 30.0 Å². The van der Waals surface area contributed by atoms with Crippen molar-refractivity contribution in [2.45, 2.75) is 16.7 Å². The summed E-state index contributed by atoms with van der Waals surface area (Å²) in [6, 6.07) is 16.3. The van der Waals surface area contributed by atoms with E-state index >= 15 is 0 Å². The van der Waals surface area contributed by atoms with Gasteiger partial charge in [-0.05, 0) is 54.1 Å². The zero-order valence-electron chi connectivity index (χ0n) is 17.0. The van der Waals surface area contributed by atoms with E-state index in [4.69, 9.17) is 0 Å². The maximum atomic E-state index is 13.0. The van der Waals surface area contributed by atoms with E-state index in [0.29, 0.717) is 16.0 Å². The molecule has 1 atom stereocenters. The Morgan fingerprint density at radius 2 is 1.85 bits per heavy atom. The van der Waals surface area contributed by atoms with Crippen molar-refractivity contribution in [3.8, 4) is 11.8 Å². The quantitative estimate of drug-likeness (QED) is 0.409. The predicted octanol–water partition coefficient (Wildman–Crippen LogP) is 3.81. The lowest BCUT2D eigenvalue weighted by Gasteiger charge is -2.14. The molecule has 6 nitrogen and oxygen atoms in total. The number of rotatable bonds is 6. The van der Waals surface area contributed by atoms with Crippen LogP contribution < -0.4 is 4.72 Å². The summed E-state index contributed by atoms with van der Waals surface area (Å²) in [6.45, 7) is 0. The topological polar surface area (TPSA) is 96.4 Å². The summed E-state index contributed by atoms with van der Waals surface area (Å²) < 4.78 is 40.8. The number of fused-ring (bicyclic) bond motifs is 1. The molecule has 0 bridgehead atoms. The molecule has 9 heteroatoms. The second-order valence-electron chi connectivity index (χ2n) is 7.13. The molecule has 0 radical (unpaired) electrons. The molecule has 0 spiro atoms. The number of carboxylic acid groups (broad SMARTS) is 1. The first-order chi connectivity index (χ1) is 15.8. The molecule has 0 saturated carbocycles. The molecule has 2 aromatic carbocycles. The van der Waals surface area contributed by atoms with Gasteiger partial charge in [0, 0.05) is 23.6 Å². The van der Waals surface area contributed by atoms with Crippen molar-refractivity contribution in [1.29, 1.82) is 0 Å². The van der Waals surface area contributed by atoms with Crippen molar-refractivity contribution < 1.29 is 22.7 Å². The number of pyridine rings is 1. The van der Waals surface area contributed by atoms with E-state index in [2.05, 4.69) is 21.5 Å². The largest absolute Gasteiger partial charge is 0.480 e. The molecule has 166 valence electrons. The van der Waals surface area contributed by atoms with Gasteiger partial charge in [-0.3, -0.25) is 9.78 Å². The maximum absolute atomic E-state index is 13.0. The van der Waals surface area contributed by atoms with Crippen molar-refractivity contribution in [2.75, 3.05) is 0 Å². The van der Waals surface area contributed by atoms with Gasteiger partial charge in [0.1, 0.15) is 16.1 Å². The van der Waals surface area contributed by atoms with Gasteiger partial charge in [-0.25, -0.2) is 12.8 Å². The maximum Gasteiger partial charge on any atom is 0.322 e. The number of nitrogens with zero attached hydrogens (tertiary/aromatic N) is 1. The summed E-state index contributed by atoms with van der Waals surface area (Å²) in [7, 11) is -4.08. The van der Waals surface area contributed by atoms with Crippen molar-refractivity contribution in [3.63, 3.8) is 0 Å². The van der Waals surface area contributed by atoms with Crippen LogP contribution in [0, 0.1) is 17.7 Å². The fraction of sp³-hybridized carbons (Fsp3) is 0.0833. The standard InChI is InChI=1S/C24H17FN2O4S2/c25-19-8-5-16(6-9-19)7-10-20-11-12-23(32-20)33(30,31)27-22(24(28)29)14-17-13-18-3-1-2-4-21(18)26-15-17/h1-6,8-9,11-13,15,22,27H,14H2,(H,28,29). The molecule has 0 aliphatic carbocycles. The summed E-state index contributed by atoms with van der Waals surface area (Å²) in [5.41, 5.74) is 1.95. The number of hydrogen-bond acceptors (Lipinski definition) is 5. The van der Waals surface area contributed by atoms with Crippen LogP contribution in [0.4, 0.5) is 4.39 Å². The Morgan fingerprint density at radius 1 is 1.09 bits per heavy atom. The molecular weight excluding hydrogens is 463 g/mol. The minimum Gasteiger partial charge on any atom is -0.480 e. The van der Waals surface area contributed by atoms with Crippen LogP contribution in [-0.4, -0.2) is 30.5 Å². The third-order valence-corrected chi connectivity index (χ3v) is 7.67. The fourth-order valence-corrected chi connectivity index (χ4v) is 5.45. The van der Waals surface area contributed by atoms with Crippen molar-refractivity contribution in [2.24, 2.45) is 0 Å². The minimum absolute atomic E-state index is 0.0474. The monoisotopic (exact) mass is 480 g/mol. The number of nitrogens with one attached hydrogen (secondary N) is 1. The molecule has 2 N–H and O–H groups in total. The zero-order valence-corrected chi connectivity index (χ0v) is 18.7. The van der Waals surface area contributed by atoms with Crippen LogP contribution in [0.5, 0.6) is 0 Å². The molecule has 0 aliphatic heterocycles. The summed E-state index contributed by atoms with van der Waals surface area (Å²) >= 11 is 0.921. The van der Waals surface area contributed by atoms with Gasteiger partial charge >= 0.3 is 5.97 Å². The third-order valence-electron chi connectivity index (χ3n) is 4.70. The molecule has 0 fully saturated rings. The first-order valence-electron chi connectivity index (χ1n) is 9.76. The average Bonchev–Trinajstić information content (AvgIpc) is 3.28. The van der Waals surface area contributed by atoms with E-state index in [9.17, 15) is 22.7 Å². The van der Waals surface area contributed by atoms with Crippen LogP contribution in [0.25, 0.3) is 10.9 Å². The minimum atomic E-state index is -4.08. The van der Waals surface area contributed by atoms with E-state index in [1.54, 1.807) is 18.3 Å². The lowest BCUT2D eigenvalue weighted by molar-refractivity contribution is -0.138. The summed E-state index contributed by atoms with van der Waals surface area (Å²) in [5.74, 6) is 4.01. The Kier molecular flexibility index (Phi) is 6.51. The van der Waals surface area contributed by atoms with E-state index in [1.165, 1.54) is 30.3 Å². The van der Waals surface area contributed by atoms with Gasteiger partial charge in [0.2, 0.25) is 0 Å². The van der Waals surface area contributed by atoms with Crippen LogP contribution in [0.3, 0.4) is 0 Å². The molecule has 4 rings (SSSR count). The van der Waals surface area contributed by atoms with Crippen molar-refractivity contribution >= 4 is 38.2 Å². The third kappa shape index (κ3) is 5.62. The molecule has 0 aliphatic rings. The van der Waals surface area contributed by atoms with E-state index in [-0.39, 0.29) is 16.4 Å². The second-order valence-corrected chi connectivity index (χ2v) is 10.2. The Morgan fingerprint density at radius 3 is 2.61 bits per heavy atom. The van der Waals surface area contributed by atoms with E-state index in [0.717, 1.165) is 22.2 Å². The van der Waals surface area contributed by atoms with Crippen LogP contribution in [0.1, 0.15) is 16.0 Å². The molecular formula is C24H17FN2O4S2. The number of carbonyl (C=O) groups is 1. The first-order valence-corrected chi connectivity index (χ1v) is 12.1. The van der Waals surface area contributed by atoms with Gasteiger partial charge in [-0.2, -0.15) is 4.72 Å². The van der Waals surface area contributed by atoms with Crippen LogP contribution >= 0.6 is 11.3 Å². The van der Waals surface area contributed by atoms with Crippen LogP contribution in [-0.2, 0) is 21.2 Å². The predicted molar refractivity (Wildman–Crippen MR) is 124 cm³/mol. The summed E-state index contributed by atoms with van der Waals surface area (Å²) in [5, 5.41) is 10.4. The van der Waals surface area contributed by atoms with Gasteiger partial charge in [0.05, 0.1) is 10.4 Å². The molecule has 2 heterocycles. The molecule has 0 amide bonds. The molecule has 2 aromatic heterocycles. The molecule has 33 heavy (non-hydrogen) atoms. The normalized spacial score (nSPS) is 12.2. The van der Waals surface area contributed by atoms with Crippen molar-refractivity contribution in [3.05, 3.63) is 94.7 Å². The average molecular weight is 481 g/mol. The number of benzene rings is 2. The Hall–Kier alpha value is -3.58. The van der Waals surface area contributed by atoms with Crippen LogP contribution in [0.15, 0.2) is 77.1 Å². The lowest BCUT2D eigenvalue weighted by atomic mass is 10.1. The summed E-state index contributed by atoms with van der Waals surface area (Å²) in [6.07, 6.45) is 1.48. The van der Waals surface area contributed by atoms with Gasteiger partial charge < -0.3 is 5.11 Å². The molecule has 1 unspecified atom stereocenters. The number of aliphatic carboxylic acids is 1. The Balaban J connectivity index is 1.51. The number of sulfonamides is 1. The fourth-order valence-electron chi connectivity index (χ4n) is 3.09. The Labute approximate surface area is 193 Å². The van der Waals surface area contributed by atoms with Gasteiger partial charge in [-0.15, -0.1) is 11.3 Å². The molecule has 4 aromatic rings. The first kappa shape index (κ1) is 22.6. The van der Waals surface area contributed by atoms with Crippen molar-refractivity contribution in [1.82, 2.24) is 9.71 Å². The highest BCUT2D eigenvalue weighted by Crippen LogP contribution is 2.22. The van der Waals surface area contributed by atoms with Crippen LogP contribution in [0.2, 0.25) is 0 Å². The lowest BCUT2D eigenvalue weighted by Crippen LogP contribution is -2.42. The smallest absolute Gasteiger partial charge is 0.322 e. The highest BCUT2D eigenvalue weighted by molar-refractivity contribution is 7.91. The highest BCUT2D eigenvalue weighted by atomic mass is 32.2. The zero-order chi connectivity index (χ0) is 23.4. The number of thiophene rings is 1. The number of para-hydroxylation sites is 1. The number of halogens is 1. The number of hydrogen-bond donors (Lipinski definition) is 2. The van der Waals surface area contributed by atoms with Gasteiger partial charge in [0.15, 0.2) is 0 Å². The Bertz CT molecular complexity index is 1490. The number of aromatic nitrogens is 1. The SMILES string of the molecule is O=C(O)C(Cc1cnc2ccccc2c1)NS(=O)(=O)c1ccc(C#Cc2ccc(F)cc2)s1. The summed E-state index contributed by atoms with van der Waals surface area (Å²) in [4.78, 5) is 16.5. The van der Waals surface area contributed by atoms with E-state index in [1.807, 2.05) is 24.3 Å². The molecule has 0 saturated heterocycles. The highest BCUT2D eigenvalue weighted by Gasteiger charge is 2.27. The van der Waals surface area contributed by atoms with Gasteiger partial charge in [0.25, 0.3) is 10.0 Å². The number of carboxylic acids is 1.